The number of carbonyl (C=O) groups is 1. The molecule has 1 amide bonds. The normalized spacial score (nSPS) is 20.1. The van der Waals surface area contributed by atoms with Crippen molar-refractivity contribution < 1.29 is 9.90 Å². The van der Waals surface area contributed by atoms with Crippen LogP contribution in [0.3, 0.4) is 0 Å². The fraction of sp³-hybridized carbons (Fsp3) is 0.462. The van der Waals surface area contributed by atoms with E-state index in [1.807, 2.05) is 36.1 Å². The number of fused-ring (bicyclic) bond motifs is 1. The zero-order valence-corrected chi connectivity index (χ0v) is 9.52. The van der Waals surface area contributed by atoms with Crippen LogP contribution in [-0.4, -0.2) is 22.5 Å². The lowest BCUT2D eigenvalue weighted by molar-refractivity contribution is -0.131. The molecule has 1 heterocycles. The van der Waals surface area contributed by atoms with Crippen molar-refractivity contribution in [3.05, 3.63) is 35.4 Å². The van der Waals surface area contributed by atoms with E-state index in [1.165, 1.54) is 0 Å². The van der Waals surface area contributed by atoms with Gasteiger partial charge in [-0.25, -0.2) is 0 Å². The zero-order chi connectivity index (χ0) is 11.5. The topological polar surface area (TPSA) is 40.5 Å². The average molecular weight is 219 g/mol. The molecule has 86 valence electrons. The van der Waals surface area contributed by atoms with Crippen molar-refractivity contribution in [1.82, 2.24) is 4.90 Å². The number of nitrogens with zero attached hydrogens (tertiary/aromatic N) is 1. The number of hydrogen-bond acceptors (Lipinski definition) is 2. The second-order valence-corrected chi connectivity index (χ2v) is 4.17. The summed E-state index contributed by atoms with van der Waals surface area (Å²) in [5, 5.41) is 9.98. The number of hydrogen-bond donors (Lipinski definition) is 1. The van der Waals surface area contributed by atoms with Crippen LogP contribution in [0.25, 0.3) is 0 Å². The number of amides is 1. The Morgan fingerprint density at radius 1 is 1.50 bits per heavy atom. The standard InChI is InChI=1S/C13H17NO2/c1-2-13(16)14-8-7-12(15)11-6-4-3-5-10(11)9-14/h3-6,12,15H,2,7-9H2,1H3. The number of aliphatic hydroxyl groups is 1. The maximum atomic E-state index is 11.7. The van der Waals surface area contributed by atoms with Gasteiger partial charge in [0.15, 0.2) is 0 Å². The second kappa shape index (κ2) is 4.66. The van der Waals surface area contributed by atoms with Gasteiger partial charge < -0.3 is 10.0 Å². The third kappa shape index (κ3) is 2.09. The summed E-state index contributed by atoms with van der Waals surface area (Å²) in [5.41, 5.74) is 2.03. The van der Waals surface area contributed by atoms with Gasteiger partial charge in [0, 0.05) is 19.5 Å². The molecule has 0 saturated carbocycles. The smallest absolute Gasteiger partial charge is 0.222 e. The molecule has 0 saturated heterocycles. The largest absolute Gasteiger partial charge is 0.388 e. The van der Waals surface area contributed by atoms with Gasteiger partial charge in [0.05, 0.1) is 6.10 Å². The predicted octanol–water partition coefficient (Wildman–Crippen LogP) is 1.86. The van der Waals surface area contributed by atoms with E-state index in [4.69, 9.17) is 0 Å². The summed E-state index contributed by atoms with van der Waals surface area (Å²) in [4.78, 5) is 13.5. The molecule has 1 N–H and O–H groups in total. The maximum absolute atomic E-state index is 11.7. The van der Waals surface area contributed by atoms with Crippen molar-refractivity contribution in [3.63, 3.8) is 0 Å². The fourth-order valence-electron chi connectivity index (χ4n) is 2.16. The van der Waals surface area contributed by atoms with Gasteiger partial charge in [-0.1, -0.05) is 31.2 Å². The van der Waals surface area contributed by atoms with E-state index in [1.54, 1.807) is 0 Å². The Labute approximate surface area is 95.7 Å². The summed E-state index contributed by atoms with van der Waals surface area (Å²) in [6, 6.07) is 7.81. The third-order valence-corrected chi connectivity index (χ3v) is 3.10. The molecule has 1 aromatic carbocycles. The Balaban J connectivity index is 2.28. The van der Waals surface area contributed by atoms with E-state index in [-0.39, 0.29) is 5.91 Å². The molecule has 0 radical (unpaired) electrons. The van der Waals surface area contributed by atoms with Crippen LogP contribution in [0.2, 0.25) is 0 Å². The number of carbonyl (C=O) groups excluding carboxylic acids is 1. The maximum Gasteiger partial charge on any atom is 0.222 e. The van der Waals surface area contributed by atoms with Gasteiger partial charge in [0.2, 0.25) is 5.91 Å². The molecule has 1 aromatic rings. The van der Waals surface area contributed by atoms with Gasteiger partial charge in [0.1, 0.15) is 0 Å². The summed E-state index contributed by atoms with van der Waals surface area (Å²) in [6.07, 6.45) is 0.715. The van der Waals surface area contributed by atoms with Crippen LogP contribution < -0.4 is 0 Å². The summed E-state index contributed by atoms with van der Waals surface area (Å²) in [6.45, 7) is 3.14. The lowest BCUT2D eigenvalue weighted by atomic mass is 10.0. The van der Waals surface area contributed by atoms with Crippen LogP contribution in [0.1, 0.15) is 37.0 Å². The van der Waals surface area contributed by atoms with E-state index in [2.05, 4.69) is 0 Å². The summed E-state index contributed by atoms with van der Waals surface area (Å²) in [7, 11) is 0. The van der Waals surface area contributed by atoms with Crippen LogP contribution >= 0.6 is 0 Å². The highest BCUT2D eigenvalue weighted by atomic mass is 16.3. The highest BCUT2D eigenvalue weighted by Gasteiger charge is 2.22. The van der Waals surface area contributed by atoms with Gasteiger partial charge in [0.25, 0.3) is 0 Å². The molecule has 3 heteroatoms. The minimum Gasteiger partial charge on any atom is -0.388 e. The van der Waals surface area contributed by atoms with Crippen molar-refractivity contribution in [1.29, 1.82) is 0 Å². The molecule has 0 spiro atoms. The first-order valence-corrected chi connectivity index (χ1v) is 5.76. The van der Waals surface area contributed by atoms with Crippen molar-refractivity contribution in [2.24, 2.45) is 0 Å². The first-order chi connectivity index (χ1) is 7.72. The highest BCUT2D eigenvalue weighted by Crippen LogP contribution is 2.26. The van der Waals surface area contributed by atoms with Gasteiger partial charge in [-0.15, -0.1) is 0 Å². The van der Waals surface area contributed by atoms with E-state index in [0.29, 0.717) is 25.9 Å². The Bertz CT molecular complexity index is 389. The van der Waals surface area contributed by atoms with Crippen molar-refractivity contribution >= 4 is 5.91 Å². The Morgan fingerprint density at radius 3 is 3.00 bits per heavy atom. The zero-order valence-electron chi connectivity index (χ0n) is 9.52. The molecular formula is C13H17NO2. The lowest BCUT2D eigenvalue weighted by Crippen LogP contribution is -2.29. The summed E-state index contributed by atoms with van der Waals surface area (Å²) >= 11 is 0. The van der Waals surface area contributed by atoms with Crippen LogP contribution in [-0.2, 0) is 11.3 Å². The van der Waals surface area contributed by atoms with E-state index < -0.39 is 6.10 Å². The van der Waals surface area contributed by atoms with Gasteiger partial charge in [-0.3, -0.25) is 4.79 Å². The van der Waals surface area contributed by atoms with Gasteiger partial charge in [-0.05, 0) is 17.5 Å². The number of rotatable bonds is 1. The Kier molecular flexibility index (Phi) is 3.25. The quantitative estimate of drug-likeness (QED) is 0.783. The van der Waals surface area contributed by atoms with Crippen LogP contribution in [0, 0.1) is 0 Å². The first kappa shape index (κ1) is 11.1. The summed E-state index contributed by atoms with van der Waals surface area (Å²) < 4.78 is 0. The van der Waals surface area contributed by atoms with E-state index >= 15 is 0 Å². The highest BCUT2D eigenvalue weighted by molar-refractivity contribution is 5.75. The van der Waals surface area contributed by atoms with Gasteiger partial charge in [-0.2, -0.15) is 0 Å². The summed E-state index contributed by atoms with van der Waals surface area (Å²) in [5.74, 6) is 0.156. The molecule has 1 aliphatic rings. The molecular weight excluding hydrogens is 202 g/mol. The minimum atomic E-state index is -0.439. The predicted molar refractivity (Wildman–Crippen MR) is 61.7 cm³/mol. The second-order valence-electron chi connectivity index (χ2n) is 4.17. The molecule has 16 heavy (non-hydrogen) atoms. The third-order valence-electron chi connectivity index (χ3n) is 3.10. The lowest BCUT2D eigenvalue weighted by Gasteiger charge is -2.19. The van der Waals surface area contributed by atoms with E-state index in [0.717, 1.165) is 11.1 Å². The molecule has 0 bridgehead atoms. The first-order valence-electron chi connectivity index (χ1n) is 5.76. The molecule has 1 unspecified atom stereocenters. The molecule has 0 aliphatic carbocycles. The minimum absolute atomic E-state index is 0.156. The number of aliphatic hydroxyl groups excluding tert-OH is 1. The SMILES string of the molecule is CCC(=O)N1CCC(O)c2ccccc2C1. The Morgan fingerprint density at radius 2 is 2.25 bits per heavy atom. The molecule has 3 nitrogen and oxygen atoms in total. The van der Waals surface area contributed by atoms with E-state index in [9.17, 15) is 9.90 Å². The van der Waals surface area contributed by atoms with Crippen LogP contribution in [0.15, 0.2) is 24.3 Å². The molecule has 0 aromatic heterocycles. The molecule has 2 rings (SSSR count). The van der Waals surface area contributed by atoms with Crippen LogP contribution in [0.5, 0.6) is 0 Å². The molecule has 0 fully saturated rings. The average Bonchev–Trinajstić information content (AvgIpc) is 2.49. The molecule has 1 atom stereocenters. The van der Waals surface area contributed by atoms with Crippen molar-refractivity contribution in [2.75, 3.05) is 6.54 Å². The van der Waals surface area contributed by atoms with Crippen molar-refractivity contribution in [2.45, 2.75) is 32.4 Å². The number of benzene rings is 1. The van der Waals surface area contributed by atoms with Crippen molar-refractivity contribution in [3.8, 4) is 0 Å². The van der Waals surface area contributed by atoms with Gasteiger partial charge >= 0.3 is 0 Å². The monoisotopic (exact) mass is 219 g/mol. The molecule has 1 aliphatic heterocycles. The fourth-order valence-corrected chi connectivity index (χ4v) is 2.16. The Hall–Kier alpha value is -1.35. The van der Waals surface area contributed by atoms with Crippen LogP contribution in [0.4, 0.5) is 0 Å².